The lowest BCUT2D eigenvalue weighted by atomic mass is 9.87. The van der Waals surface area contributed by atoms with Gasteiger partial charge >= 0.3 is 15.6 Å². The maximum Gasteiger partial charge on any atom is 0.534 e. The molecule has 0 aromatic heterocycles. The Bertz CT molecular complexity index is 4080. The summed E-state index contributed by atoms with van der Waals surface area (Å²) in [5, 5.41) is 33.4. The number of aromatic hydroxyl groups is 2. The summed E-state index contributed by atoms with van der Waals surface area (Å²) in [6.07, 6.45) is 0. The average Bonchev–Trinajstić information content (AvgIpc) is 3.38. The van der Waals surface area contributed by atoms with Crippen LogP contribution in [0.25, 0.3) is 109 Å². The molecule has 0 amide bonds. The van der Waals surface area contributed by atoms with Crippen molar-refractivity contribution in [3.05, 3.63) is 224 Å². The van der Waals surface area contributed by atoms with Crippen LogP contribution < -0.4 is 4.18 Å². The lowest BCUT2D eigenvalue weighted by Crippen LogP contribution is -2.28. The molecule has 0 fully saturated rings. The highest BCUT2D eigenvalue weighted by Gasteiger charge is 2.49. The third-order valence-corrected chi connectivity index (χ3v) is 14.2. The first-order valence-corrected chi connectivity index (χ1v) is 24.3. The summed E-state index contributed by atoms with van der Waals surface area (Å²) in [6, 6.07) is 69.7. The van der Waals surface area contributed by atoms with E-state index in [2.05, 4.69) is 71.8 Å². The number of alkyl halides is 3. The van der Waals surface area contributed by atoms with Gasteiger partial charge in [-0.05, 0) is 147 Å². The number of hydrogen-bond acceptors (Lipinski definition) is 5. The first-order valence-electron chi connectivity index (χ1n) is 22.9. The molecule has 2 N–H and O–H groups in total. The molecule has 0 unspecified atom stereocenters. The molecule has 0 radical (unpaired) electrons. The fraction of sp³-hybridized carbons (Fsp3) is 0.0323. The van der Waals surface area contributed by atoms with Gasteiger partial charge in [-0.1, -0.05) is 176 Å². The van der Waals surface area contributed by atoms with Gasteiger partial charge in [-0.15, -0.1) is 0 Å². The molecule has 9 heteroatoms. The van der Waals surface area contributed by atoms with Gasteiger partial charge < -0.3 is 14.4 Å². The lowest BCUT2D eigenvalue weighted by Gasteiger charge is -2.18. The van der Waals surface area contributed by atoms with Gasteiger partial charge in [0.25, 0.3) is 0 Å². The van der Waals surface area contributed by atoms with Crippen LogP contribution in [0.2, 0.25) is 0 Å². The Morgan fingerprint density at radius 1 is 0.338 bits per heavy atom. The van der Waals surface area contributed by atoms with Gasteiger partial charge in [-0.3, -0.25) is 0 Å². The van der Waals surface area contributed by atoms with E-state index in [0.717, 1.165) is 104 Å². The zero-order chi connectivity index (χ0) is 49.0. The first kappa shape index (κ1) is 44.8. The average molecular weight is 955 g/mol. The van der Waals surface area contributed by atoms with E-state index in [0.29, 0.717) is 5.56 Å². The second-order valence-corrected chi connectivity index (χ2v) is 18.9. The Morgan fingerprint density at radius 2 is 0.620 bits per heavy atom. The van der Waals surface area contributed by atoms with Crippen LogP contribution in [0.3, 0.4) is 0 Å². The quantitative estimate of drug-likeness (QED) is 0.0985. The molecule has 12 rings (SSSR count). The Labute approximate surface area is 407 Å². The predicted molar refractivity (Wildman–Crippen MR) is 283 cm³/mol. The van der Waals surface area contributed by atoms with E-state index in [-0.39, 0.29) is 22.8 Å². The van der Waals surface area contributed by atoms with Crippen molar-refractivity contribution in [1.29, 1.82) is 0 Å². The standard InChI is InChI=1S/C32H21F3O3S.C30H20O2/c1-20-10-2-3-11-21(20)27-18-29-25-15-7-5-13-23(25)28(19-30(29)24-14-6-4-12-22(24)27)26-16-8-9-17-31(26)38-39(36,37)32(33,34)35;31-29-15-7-5-13-23(29)25-17-28-22-12-4-2-10-20(22)26(24-14-6-8-16-30(24)32)18-27(28)21-11-3-1-9-19(21)25/h2-19H,1H3;1-18,31-32H. The van der Waals surface area contributed by atoms with E-state index in [1.807, 2.05) is 121 Å². The normalized spacial score (nSPS) is 11.9. The highest BCUT2D eigenvalue weighted by molar-refractivity contribution is 7.88. The lowest BCUT2D eigenvalue weighted by molar-refractivity contribution is -0.0499. The second kappa shape index (κ2) is 17.7. The van der Waals surface area contributed by atoms with Crippen molar-refractivity contribution in [1.82, 2.24) is 0 Å². The van der Waals surface area contributed by atoms with Crippen molar-refractivity contribution in [3.8, 4) is 61.8 Å². The van der Waals surface area contributed by atoms with E-state index in [9.17, 15) is 31.8 Å². The number of phenols is 2. The number of aryl methyl sites for hydroxylation is 1. The molecular formula is C62H41F3O5S. The van der Waals surface area contributed by atoms with Crippen LogP contribution in [0.4, 0.5) is 13.2 Å². The monoisotopic (exact) mass is 954 g/mol. The smallest absolute Gasteiger partial charge is 0.507 e. The van der Waals surface area contributed by atoms with Gasteiger partial charge in [0.05, 0.1) is 0 Å². The minimum atomic E-state index is -5.85. The number of benzene rings is 12. The van der Waals surface area contributed by atoms with Crippen molar-refractivity contribution in [2.45, 2.75) is 12.4 Å². The van der Waals surface area contributed by atoms with Gasteiger partial charge in [0, 0.05) is 16.7 Å². The molecule has 346 valence electrons. The van der Waals surface area contributed by atoms with Crippen LogP contribution >= 0.6 is 0 Å². The summed E-state index contributed by atoms with van der Waals surface area (Å²) in [5.74, 6) is 0.152. The number of fused-ring (bicyclic) bond motifs is 10. The van der Waals surface area contributed by atoms with Crippen molar-refractivity contribution in [2.75, 3.05) is 0 Å². The molecule has 0 atom stereocenters. The van der Waals surface area contributed by atoms with Crippen LogP contribution in [-0.4, -0.2) is 24.1 Å². The number of para-hydroxylation sites is 3. The van der Waals surface area contributed by atoms with Crippen LogP contribution in [0.1, 0.15) is 5.56 Å². The number of hydrogen-bond donors (Lipinski definition) is 2. The second-order valence-electron chi connectivity index (χ2n) is 17.4. The van der Waals surface area contributed by atoms with Crippen molar-refractivity contribution in [2.24, 2.45) is 0 Å². The highest BCUT2D eigenvalue weighted by atomic mass is 32.2. The summed E-state index contributed by atoms with van der Waals surface area (Å²) in [4.78, 5) is 0. The van der Waals surface area contributed by atoms with E-state index in [1.165, 1.54) is 12.1 Å². The molecular weight excluding hydrogens is 914 g/mol. The minimum absolute atomic E-state index is 0.246. The van der Waals surface area contributed by atoms with E-state index >= 15 is 0 Å². The number of phenolic OH excluding ortho intramolecular Hbond substituents is 2. The Balaban J connectivity index is 0.000000157. The minimum Gasteiger partial charge on any atom is -0.507 e. The van der Waals surface area contributed by atoms with Crippen LogP contribution in [0, 0.1) is 6.92 Å². The Hall–Kier alpha value is -8.66. The molecule has 5 nitrogen and oxygen atoms in total. The first-order chi connectivity index (χ1) is 34.4. The van der Waals surface area contributed by atoms with Crippen LogP contribution in [0.5, 0.6) is 17.2 Å². The summed E-state index contributed by atoms with van der Waals surface area (Å²) < 4.78 is 68.0. The third kappa shape index (κ3) is 7.90. The van der Waals surface area contributed by atoms with Crippen molar-refractivity contribution in [3.63, 3.8) is 0 Å². The maximum absolute atomic E-state index is 13.2. The molecule has 0 bridgehead atoms. The van der Waals surface area contributed by atoms with Crippen LogP contribution in [-0.2, 0) is 10.1 Å². The molecule has 12 aromatic rings. The molecule has 0 saturated heterocycles. The highest BCUT2D eigenvalue weighted by Crippen LogP contribution is 2.47. The largest absolute Gasteiger partial charge is 0.534 e. The summed E-state index contributed by atoms with van der Waals surface area (Å²) in [5.41, 5.74) is 2.25. The van der Waals surface area contributed by atoms with Crippen molar-refractivity contribution < 1.29 is 36.0 Å². The summed E-state index contributed by atoms with van der Waals surface area (Å²) in [7, 11) is -5.85. The molecule has 0 spiro atoms. The van der Waals surface area contributed by atoms with E-state index in [4.69, 9.17) is 0 Å². The fourth-order valence-corrected chi connectivity index (χ4v) is 10.5. The zero-order valence-electron chi connectivity index (χ0n) is 37.9. The van der Waals surface area contributed by atoms with Gasteiger partial charge in [0.2, 0.25) is 0 Å². The maximum atomic E-state index is 13.2. The molecule has 0 saturated carbocycles. The van der Waals surface area contributed by atoms with E-state index < -0.39 is 15.6 Å². The SMILES string of the molecule is Cc1ccccc1-c1cc2c3ccccc3c(-c3ccccc3OS(=O)(=O)C(F)(F)F)cc2c2ccccc12.Oc1ccccc1-c1cc2c3ccccc3c(-c3ccccc3O)cc2c2ccccc12. The number of halogens is 3. The number of rotatable bonds is 6. The van der Waals surface area contributed by atoms with Crippen LogP contribution in [0.15, 0.2) is 218 Å². The summed E-state index contributed by atoms with van der Waals surface area (Å²) >= 11 is 0. The molecule has 12 aromatic carbocycles. The van der Waals surface area contributed by atoms with E-state index in [1.54, 1.807) is 24.3 Å². The molecule has 0 aliphatic heterocycles. The van der Waals surface area contributed by atoms with Gasteiger partial charge in [-0.2, -0.15) is 21.6 Å². The summed E-state index contributed by atoms with van der Waals surface area (Å²) in [6.45, 7) is 2.07. The Kier molecular flexibility index (Phi) is 11.2. The van der Waals surface area contributed by atoms with Gasteiger partial charge in [0.1, 0.15) is 11.5 Å². The third-order valence-electron chi connectivity index (χ3n) is 13.2. The molecule has 0 aliphatic carbocycles. The van der Waals surface area contributed by atoms with Crippen molar-refractivity contribution >= 4 is 74.8 Å². The fourth-order valence-electron chi connectivity index (χ4n) is 10.00. The molecule has 0 aliphatic rings. The molecule has 71 heavy (non-hydrogen) atoms. The molecule has 0 heterocycles. The van der Waals surface area contributed by atoms with Gasteiger partial charge in [-0.25, -0.2) is 0 Å². The van der Waals surface area contributed by atoms with Gasteiger partial charge in [0.15, 0.2) is 5.75 Å². The zero-order valence-corrected chi connectivity index (χ0v) is 38.8. The Morgan fingerprint density at radius 3 is 0.986 bits per heavy atom. The topological polar surface area (TPSA) is 83.8 Å². The predicted octanol–water partition coefficient (Wildman–Crippen LogP) is 16.9.